The maximum absolute atomic E-state index is 12.7. The molecule has 2 nitrogen and oxygen atoms in total. The van der Waals surface area contributed by atoms with Crippen LogP contribution in [0.4, 0.5) is 0 Å². The molecule has 29 heavy (non-hydrogen) atoms. The molecule has 1 aromatic rings. The summed E-state index contributed by atoms with van der Waals surface area (Å²) >= 11 is 4.06. The van der Waals surface area contributed by atoms with Gasteiger partial charge in [0, 0.05) is 16.7 Å². The molecule has 0 N–H and O–H groups in total. The second-order valence-electron chi connectivity index (χ2n) is 10.4. The van der Waals surface area contributed by atoms with Crippen molar-refractivity contribution in [2.75, 3.05) is 0 Å². The number of carbonyl (C=O) groups is 1. The van der Waals surface area contributed by atoms with Gasteiger partial charge >= 0.3 is 0 Å². The van der Waals surface area contributed by atoms with Crippen LogP contribution >= 0.6 is 15.9 Å². The molecule has 3 saturated carbocycles. The lowest BCUT2D eigenvalue weighted by Crippen LogP contribution is -2.53. The van der Waals surface area contributed by atoms with E-state index in [0.29, 0.717) is 41.1 Å². The first-order valence-electron chi connectivity index (χ1n) is 11.5. The van der Waals surface area contributed by atoms with Gasteiger partial charge in [-0.2, -0.15) is 0 Å². The number of benzene rings is 1. The van der Waals surface area contributed by atoms with E-state index in [1.54, 1.807) is 5.57 Å². The molecule has 0 spiro atoms. The van der Waals surface area contributed by atoms with Crippen LogP contribution in [0.15, 0.2) is 42.0 Å². The molecule has 3 unspecified atom stereocenters. The molecule has 0 saturated heterocycles. The summed E-state index contributed by atoms with van der Waals surface area (Å²) in [6.45, 7) is 5.49. The molecule has 0 bridgehead atoms. The number of fused-ring (bicyclic) bond motifs is 5. The topological polar surface area (TPSA) is 26.3 Å². The van der Waals surface area contributed by atoms with Crippen LogP contribution in [0.5, 0.6) is 0 Å². The van der Waals surface area contributed by atoms with E-state index in [-0.39, 0.29) is 10.8 Å². The standard InChI is InChI=1S/C26H33BrO2/c1-25-12-10-19(29-16-17-6-4-3-5-7-17)14-18(25)15-22(27)24-20-8-9-23(28)26(20,2)13-11-21(24)25/h3-7,15,19-22,24H,8-14,16H2,1-2H3/t19-,20?,21?,22+,24?,25-,26-/m0/s1. The number of Topliss-reactive ketones (excluding diaryl/α,β-unsaturated/α-hetero) is 1. The molecule has 7 atom stereocenters. The molecule has 156 valence electrons. The summed E-state index contributed by atoms with van der Waals surface area (Å²) < 4.78 is 6.33. The van der Waals surface area contributed by atoms with Crippen molar-refractivity contribution in [2.45, 2.75) is 76.3 Å². The molecule has 4 aliphatic carbocycles. The Morgan fingerprint density at radius 2 is 1.76 bits per heavy atom. The Kier molecular flexibility index (Phi) is 5.06. The van der Waals surface area contributed by atoms with Gasteiger partial charge in [-0.3, -0.25) is 4.79 Å². The van der Waals surface area contributed by atoms with Gasteiger partial charge in [-0.05, 0) is 67.3 Å². The number of halogens is 1. The first-order valence-corrected chi connectivity index (χ1v) is 12.4. The fourth-order valence-corrected chi connectivity index (χ4v) is 8.33. The number of alkyl halides is 1. The van der Waals surface area contributed by atoms with Crippen molar-refractivity contribution < 1.29 is 9.53 Å². The first-order chi connectivity index (χ1) is 13.9. The van der Waals surface area contributed by atoms with Crippen LogP contribution in [0.3, 0.4) is 0 Å². The number of hydrogen-bond acceptors (Lipinski definition) is 2. The number of ketones is 1. The quantitative estimate of drug-likeness (QED) is 0.384. The van der Waals surface area contributed by atoms with Gasteiger partial charge in [0.05, 0.1) is 12.7 Å². The van der Waals surface area contributed by atoms with Crippen LogP contribution < -0.4 is 0 Å². The summed E-state index contributed by atoms with van der Waals surface area (Å²) in [7, 11) is 0. The van der Waals surface area contributed by atoms with Crippen molar-refractivity contribution in [1.82, 2.24) is 0 Å². The van der Waals surface area contributed by atoms with Gasteiger partial charge in [-0.25, -0.2) is 0 Å². The summed E-state index contributed by atoms with van der Waals surface area (Å²) in [6, 6.07) is 10.5. The largest absolute Gasteiger partial charge is 0.373 e. The zero-order valence-electron chi connectivity index (χ0n) is 17.7. The number of allylic oxidation sites excluding steroid dienone is 1. The zero-order valence-corrected chi connectivity index (χ0v) is 19.3. The lowest BCUT2D eigenvalue weighted by Gasteiger charge is -2.58. The Hall–Kier alpha value is -0.930. The van der Waals surface area contributed by atoms with E-state index < -0.39 is 0 Å². The Labute approximate surface area is 183 Å². The van der Waals surface area contributed by atoms with E-state index in [2.05, 4.69) is 66.2 Å². The summed E-state index contributed by atoms with van der Waals surface area (Å²) in [5.41, 5.74) is 3.09. The van der Waals surface area contributed by atoms with Crippen LogP contribution in [0.1, 0.15) is 64.4 Å². The SMILES string of the molecule is C[C@]12CC[C@H](OCc3ccccc3)CC1=C[C@@H](Br)C1C2CC[C@]2(C)C(=O)CCC12. The van der Waals surface area contributed by atoms with E-state index in [1.807, 2.05) is 0 Å². The predicted molar refractivity (Wildman–Crippen MR) is 120 cm³/mol. The van der Waals surface area contributed by atoms with Gasteiger partial charge < -0.3 is 4.74 Å². The number of carbonyl (C=O) groups excluding carboxylic acids is 1. The number of rotatable bonds is 3. The fourth-order valence-electron chi connectivity index (χ4n) is 7.27. The van der Waals surface area contributed by atoms with Crippen molar-refractivity contribution in [2.24, 2.45) is 28.6 Å². The van der Waals surface area contributed by atoms with Gasteiger partial charge in [0.1, 0.15) is 5.78 Å². The minimum absolute atomic E-state index is 0.0646. The minimum atomic E-state index is -0.0646. The molecule has 0 aromatic heterocycles. The molecule has 0 aliphatic heterocycles. The third-order valence-corrected chi connectivity index (χ3v) is 9.96. The maximum atomic E-state index is 12.7. The normalized spacial score (nSPS) is 43.9. The Morgan fingerprint density at radius 1 is 1.03 bits per heavy atom. The highest BCUT2D eigenvalue weighted by Crippen LogP contribution is 2.65. The molecular weight excluding hydrogens is 424 g/mol. The van der Waals surface area contributed by atoms with Gasteiger partial charge in [0.25, 0.3) is 0 Å². The monoisotopic (exact) mass is 456 g/mol. The highest BCUT2D eigenvalue weighted by atomic mass is 79.9. The lowest BCUT2D eigenvalue weighted by molar-refractivity contribution is -0.131. The molecule has 3 heteroatoms. The van der Waals surface area contributed by atoms with Crippen LogP contribution in [-0.2, 0) is 16.1 Å². The smallest absolute Gasteiger partial charge is 0.139 e. The van der Waals surface area contributed by atoms with E-state index >= 15 is 0 Å². The molecule has 0 heterocycles. The fraction of sp³-hybridized carbons (Fsp3) is 0.654. The van der Waals surface area contributed by atoms with Gasteiger partial charge in [-0.1, -0.05) is 71.8 Å². The third-order valence-electron chi connectivity index (χ3n) is 9.08. The van der Waals surface area contributed by atoms with Crippen molar-refractivity contribution in [3.8, 4) is 0 Å². The minimum Gasteiger partial charge on any atom is -0.373 e. The van der Waals surface area contributed by atoms with Gasteiger partial charge in [0.2, 0.25) is 0 Å². The highest BCUT2D eigenvalue weighted by Gasteiger charge is 2.60. The van der Waals surface area contributed by atoms with Crippen molar-refractivity contribution in [1.29, 1.82) is 0 Å². The lowest BCUT2D eigenvalue weighted by atomic mass is 9.48. The number of hydrogen-bond donors (Lipinski definition) is 0. The maximum Gasteiger partial charge on any atom is 0.139 e. The summed E-state index contributed by atoms with van der Waals surface area (Å²) in [5.74, 6) is 2.39. The summed E-state index contributed by atoms with van der Waals surface area (Å²) in [6.07, 6.45) is 10.5. The Bertz CT molecular complexity index is 817. The van der Waals surface area contributed by atoms with Crippen LogP contribution in [0.2, 0.25) is 0 Å². The molecular formula is C26H33BrO2. The molecule has 3 fully saturated rings. The molecule has 5 rings (SSSR count). The summed E-state index contributed by atoms with van der Waals surface area (Å²) in [4.78, 5) is 13.1. The summed E-state index contributed by atoms with van der Waals surface area (Å²) in [5, 5.41) is 0. The van der Waals surface area contributed by atoms with E-state index in [0.717, 1.165) is 32.1 Å². The second-order valence-corrected chi connectivity index (χ2v) is 11.5. The molecule has 4 aliphatic rings. The highest BCUT2D eigenvalue weighted by molar-refractivity contribution is 9.09. The predicted octanol–water partition coefficient (Wildman–Crippen LogP) is 6.48. The van der Waals surface area contributed by atoms with E-state index in [9.17, 15) is 4.79 Å². The Morgan fingerprint density at radius 3 is 2.55 bits per heavy atom. The average molecular weight is 457 g/mol. The van der Waals surface area contributed by atoms with Crippen LogP contribution in [-0.4, -0.2) is 16.7 Å². The van der Waals surface area contributed by atoms with Crippen molar-refractivity contribution in [3.05, 3.63) is 47.5 Å². The second kappa shape index (κ2) is 7.34. The van der Waals surface area contributed by atoms with E-state index in [4.69, 9.17) is 4.74 Å². The van der Waals surface area contributed by atoms with E-state index in [1.165, 1.54) is 18.4 Å². The Balaban J connectivity index is 1.35. The van der Waals surface area contributed by atoms with Gasteiger partial charge in [0.15, 0.2) is 0 Å². The first kappa shape index (κ1) is 20.0. The molecule has 1 aromatic carbocycles. The van der Waals surface area contributed by atoms with Crippen LogP contribution in [0.25, 0.3) is 0 Å². The number of ether oxygens (including phenoxy) is 1. The van der Waals surface area contributed by atoms with Gasteiger partial charge in [-0.15, -0.1) is 0 Å². The molecule has 0 radical (unpaired) electrons. The third kappa shape index (κ3) is 3.19. The van der Waals surface area contributed by atoms with Crippen molar-refractivity contribution >= 4 is 21.7 Å². The van der Waals surface area contributed by atoms with Crippen LogP contribution in [0, 0.1) is 28.6 Å². The molecule has 0 amide bonds. The zero-order chi connectivity index (χ0) is 20.2. The van der Waals surface area contributed by atoms with Crippen molar-refractivity contribution in [3.63, 3.8) is 0 Å². The average Bonchev–Trinajstić information content (AvgIpc) is 3.03.